The van der Waals surface area contributed by atoms with Gasteiger partial charge < -0.3 is 10.4 Å². The van der Waals surface area contributed by atoms with Gasteiger partial charge in [-0.05, 0) is 21.5 Å². The van der Waals surface area contributed by atoms with Crippen LogP contribution in [0.15, 0.2) is 22.7 Å². The van der Waals surface area contributed by atoms with E-state index < -0.39 is 10.9 Å². The summed E-state index contributed by atoms with van der Waals surface area (Å²) in [5.74, 6) is -0.971. The van der Waals surface area contributed by atoms with E-state index in [9.17, 15) is 14.9 Å². The highest BCUT2D eigenvalue weighted by atomic mass is 79.9. The number of hydrogen-bond donors (Lipinski definition) is 2. The number of nitro benzene ring substituents is 1. The number of carbonyl (C=O) groups is 1. The molecule has 2 N–H and O–H groups in total. The van der Waals surface area contributed by atoms with Gasteiger partial charge in [-0.1, -0.05) is 12.1 Å². The summed E-state index contributed by atoms with van der Waals surface area (Å²) in [6, 6.07) is 4.62. The van der Waals surface area contributed by atoms with Crippen molar-refractivity contribution in [2.75, 3.05) is 6.54 Å². The van der Waals surface area contributed by atoms with E-state index in [2.05, 4.69) is 21.2 Å². The van der Waals surface area contributed by atoms with Crippen LogP contribution in [-0.2, 0) is 11.3 Å². The number of benzene rings is 1. The standard InChI is InChI=1S/C9H9BrN2O4/c10-9-6(4-11-5-8(13)14)2-1-3-7(9)12(15)16/h1-3,11H,4-5H2,(H,13,14). The summed E-state index contributed by atoms with van der Waals surface area (Å²) >= 11 is 3.12. The summed E-state index contributed by atoms with van der Waals surface area (Å²) < 4.78 is 0.373. The number of nitrogens with one attached hydrogen (secondary N) is 1. The second-order valence-corrected chi connectivity index (χ2v) is 3.80. The van der Waals surface area contributed by atoms with Crippen molar-refractivity contribution in [2.45, 2.75) is 6.54 Å². The van der Waals surface area contributed by atoms with Gasteiger partial charge in [0.15, 0.2) is 0 Å². The van der Waals surface area contributed by atoms with Gasteiger partial charge in [0.2, 0.25) is 0 Å². The van der Waals surface area contributed by atoms with Crippen LogP contribution in [0.2, 0.25) is 0 Å². The third kappa shape index (κ3) is 3.28. The minimum Gasteiger partial charge on any atom is -0.480 e. The topological polar surface area (TPSA) is 92.5 Å². The molecule has 0 aromatic heterocycles. The molecule has 0 saturated carbocycles. The molecule has 0 atom stereocenters. The van der Waals surface area contributed by atoms with E-state index in [1.54, 1.807) is 12.1 Å². The first-order valence-electron chi connectivity index (χ1n) is 4.36. The van der Waals surface area contributed by atoms with Crippen molar-refractivity contribution in [3.63, 3.8) is 0 Å². The summed E-state index contributed by atoms with van der Waals surface area (Å²) in [5.41, 5.74) is 0.616. The third-order valence-corrected chi connectivity index (χ3v) is 2.76. The van der Waals surface area contributed by atoms with Gasteiger partial charge in [0.1, 0.15) is 0 Å². The Balaban J connectivity index is 2.77. The van der Waals surface area contributed by atoms with E-state index in [-0.39, 0.29) is 18.8 Å². The highest BCUT2D eigenvalue weighted by molar-refractivity contribution is 9.10. The first kappa shape index (κ1) is 12.6. The molecule has 7 heteroatoms. The van der Waals surface area contributed by atoms with Gasteiger partial charge in [-0.3, -0.25) is 14.9 Å². The molecule has 0 fully saturated rings. The zero-order valence-corrected chi connectivity index (χ0v) is 9.73. The van der Waals surface area contributed by atoms with Gasteiger partial charge in [-0.25, -0.2) is 0 Å². The summed E-state index contributed by atoms with van der Waals surface area (Å²) in [4.78, 5) is 20.4. The van der Waals surface area contributed by atoms with Gasteiger partial charge in [-0.2, -0.15) is 0 Å². The normalized spacial score (nSPS) is 10.1. The maximum Gasteiger partial charge on any atom is 0.317 e. The largest absolute Gasteiger partial charge is 0.480 e. The van der Waals surface area contributed by atoms with Crippen molar-refractivity contribution in [1.29, 1.82) is 0 Å². The van der Waals surface area contributed by atoms with E-state index in [0.717, 1.165) is 0 Å². The molecule has 0 bridgehead atoms. The first-order valence-corrected chi connectivity index (χ1v) is 5.16. The van der Waals surface area contributed by atoms with Crippen molar-refractivity contribution < 1.29 is 14.8 Å². The van der Waals surface area contributed by atoms with Gasteiger partial charge in [0.05, 0.1) is 15.9 Å². The maximum atomic E-state index is 10.6. The van der Waals surface area contributed by atoms with E-state index in [4.69, 9.17) is 5.11 Å². The fourth-order valence-corrected chi connectivity index (χ4v) is 1.70. The van der Waals surface area contributed by atoms with Gasteiger partial charge >= 0.3 is 5.97 Å². The van der Waals surface area contributed by atoms with Crippen LogP contribution in [-0.4, -0.2) is 22.5 Å². The molecule has 86 valence electrons. The Bertz CT molecular complexity index is 422. The summed E-state index contributed by atoms with van der Waals surface area (Å²) in [5, 5.41) is 21.7. The predicted octanol–water partition coefficient (Wildman–Crippen LogP) is 1.53. The maximum absolute atomic E-state index is 10.6. The van der Waals surface area contributed by atoms with Crippen LogP contribution in [0.25, 0.3) is 0 Å². The molecule has 0 aliphatic rings. The van der Waals surface area contributed by atoms with Gasteiger partial charge in [0.25, 0.3) is 5.69 Å². The number of carboxylic acids is 1. The smallest absolute Gasteiger partial charge is 0.317 e. The van der Waals surface area contributed by atoms with E-state index in [1.807, 2.05) is 0 Å². The van der Waals surface area contributed by atoms with Crippen molar-refractivity contribution in [2.24, 2.45) is 0 Å². The predicted molar refractivity (Wildman–Crippen MR) is 60.1 cm³/mol. The fourth-order valence-electron chi connectivity index (χ4n) is 1.15. The fraction of sp³-hybridized carbons (Fsp3) is 0.222. The summed E-state index contributed by atoms with van der Waals surface area (Å²) in [6.07, 6.45) is 0. The molecule has 6 nitrogen and oxygen atoms in total. The van der Waals surface area contributed by atoms with Crippen LogP contribution in [0.4, 0.5) is 5.69 Å². The van der Waals surface area contributed by atoms with Crippen LogP contribution in [0, 0.1) is 10.1 Å². The van der Waals surface area contributed by atoms with E-state index >= 15 is 0 Å². The van der Waals surface area contributed by atoms with Crippen LogP contribution in [0.3, 0.4) is 0 Å². The zero-order chi connectivity index (χ0) is 12.1. The Hall–Kier alpha value is -1.47. The van der Waals surface area contributed by atoms with Crippen LogP contribution < -0.4 is 5.32 Å². The molecule has 0 saturated heterocycles. The lowest BCUT2D eigenvalue weighted by Crippen LogP contribution is -2.22. The lowest BCUT2D eigenvalue weighted by atomic mass is 10.2. The Morgan fingerprint density at radius 3 is 2.81 bits per heavy atom. The average Bonchev–Trinajstić information content (AvgIpc) is 2.19. The number of halogens is 1. The van der Waals surface area contributed by atoms with Crippen molar-refractivity contribution in [1.82, 2.24) is 5.32 Å². The second kappa shape index (κ2) is 5.57. The van der Waals surface area contributed by atoms with Crippen LogP contribution >= 0.6 is 15.9 Å². The monoisotopic (exact) mass is 288 g/mol. The highest BCUT2D eigenvalue weighted by Gasteiger charge is 2.14. The Morgan fingerprint density at radius 1 is 1.56 bits per heavy atom. The SMILES string of the molecule is O=C(O)CNCc1cccc([N+](=O)[O-])c1Br. The highest BCUT2D eigenvalue weighted by Crippen LogP contribution is 2.27. The molecular weight excluding hydrogens is 280 g/mol. The number of nitro groups is 1. The molecule has 0 spiro atoms. The number of aliphatic carboxylic acids is 1. The molecule has 0 amide bonds. The molecule has 1 aromatic rings. The molecule has 0 aliphatic heterocycles. The average molecular weight is 289 g/mol. The Kier molecular flexibility index (Phi) is 4.39. The zero-order valence-electron chi connectivity index (χ0n) is 8.14. The number of hydrogen-bond acceptors (Lipinski definition) is 4. The summed E-state index contributed by atoms with van der Waals surface area (Å²) in [6.45, 7) is 0.0731. The molecule has 0 radical (unpaired) electrons. The minimum atomic E-state index is -0.971. The minimum absolute atomic E-state index is 0.0328. The molecule has 0 heterocycles. The van der Waals surface area contributed by atoms with Crippen LogP contribution in [0.1, 0.15) is 5.56 Å². The van der Waals surface area contributed by atoms with Gasteiger partial charge in [-0.15, -0.1) is 0 Å². The van der Waals surface area contributed by atoms with Crippen molar-refractivity contribution in [3.8, 4) is 0 Å². The molecule has 1 aromatic carbocycles. The molecule has 16 heavy (non-hydrogen) atoms. The Morgan fingerprint density at radius 2 is 2.25 bits per heavy atom. The van der Waals surface area contributed by atoms with Gasteiger partial charge in [0, 0.05) is 12.6 Å². The summed E-state index contributed by atoms with van der Waals surface area (Å²) in [7, 11) is 0. The lowest BCUT2D eigenvalue weighted by molar-refractivity contribution is -0.385. The second-order valence-electron chi connectivity index (χ2n) is 3.00. The number of rotatable bonds is 5. The van der Waals surface area contributed by atoms with Crippen molar-refractivity contribution >= 4 is 27.6 Å². The molecule has 0 unspecified atom stereocenters. The first-order chi connectivity index (χ1) is 7.52. The molecular formula is C9H9BrN2O4. The third-order valence-electron chi connectivity index (χ3n) is 1.85. The number of carboxylic acid groups (broad SMARTS) is 1. The number of nitrogens with zero attached hydrogens (tertiary/aromatic N) is 1. The molecule has 0 aliphatic carbocycles. The quantitative estimate of drug-likeness (QED) is 0.633. The lowest BCUT2D eigenvalue weighted by Gasteiger charge is -2.05. The molecule has 1 rings (SSSR count). The van der Waals surface area contributed by atoms with E-state index in [1.165, 1.54) is 6.07 Å². The van der Waals surface area contributed by atoms with E-state index in [0.29, 0.717) is 10.0 Å². The van der Waals surface area contributed by atoms with Crippen molar-refractivity contribution in [3.05, 3.63) is 38.3 Å². The van der Waals surface area contributed by atoms with Crippen LogP contribution in [0.5, 0.6) is 0 Å². The Labute approximate surface area is 99.6 Å².